The zero-order valence-electron chi connectivity index (χ0n) is 11.3. The quantitative estimate of drug-likeness (QED) is 0.826. The van der Waals surface area contributed by atoms with E-state index in [-0.39, 0.29) is 0 Å². The summed E-state index contributed by atoms with van der Waals surface area (Å²) in [6.45, 7) is 6.00. The zero-order chi connectivity index (χ0) is 13.5. The van der Waals surface area contributed by atoms with E-state index in [1.54, 1.807) is 10.9 Å². The Balaban J connectivity index is 2.25. The first-order chi connectivity index (χ1) is 9.33. The monoisotopic (exact) mass is 261 g/mol. The predicted molar refractivity (Wildman–Crippen MR) is 73.3 cm³/mol. The second-order valence-corrected chi connectivity index (χ2v) is 4.04. The molecule has 1 N–H and O–H groups in total. The summed E-state index contributed by atoms with van der Waals surface area (Å²) in [7, 11) is 0. The van der Waals surface area contributed by atoms with E-state index in [2.05, 4.69) is 27.3 Å². The Hall–Kier alpha value is -1.95. The molecule has 6 heteroatoms. The fourth-order valence-corrected chi connectivity index (χ4v) is 1.61. The van der Waals surface area contributed by atoms with E-state index in [0.29, 0.717) is 19.0 Å². The maximum Gasteiger partial charge on any atom is 0.159 e. The van der Waals surface area contributed by atoms with Crippen molar-refractivity contribution < 1.29 is 4.74 Å². The molecule has 0 aliphatic carbocycles. The molecule has 0 aliphatic heterocycles. The summed E-state index contributed by atoms with van der Waals surface area (Å²) in [5, 5.41) is 7.45. The Morgan fingerprint density at radius 2 is 2.21 bits per heavy atom. The third-order valence-corrected chi connectivity index (χ3v) is 2.49. The molecule has 0 saturated carbocycles. The SMILES string of the molecule is CCCNc1cc(-n2cccn2)nc(COCC)n1. The minimum Gasteiger partial charge on any atom is -0.374 e. The van der Waals surface area contributed by atoms with Gasteiger partial charge in [0.25, 0.3) is 0 Å². The second kappa shape index (κ2) is 6.84. The molecule has 0 aliphatic rings. The molecule has 0 amide bonds. The van der Waals surface area contributed by atoms with Crippen LogP contribution in [0.15, 0.2) is 24.5 Å². The minimum atomic E-state index is 0.409. The summed E-state index contributed by atoms with van der Waals surface area (Å²) in [5.41, 5.74) is 0. The molecule has 2 aromatic heterocycles. The van der Waals surface area contributed by atoms with E-state index in [4.69, 9.17) is 4.74 Å². The highest BCUT2D eigenvalue weighted by atomic mass is 16.5. The molecular weight excluding hydrogens is 242 g/mol. The molecule has 6 nitrogen and oxygen atoms in total. The number of nitrogens with one attached hydrogen (secondary N) is 1. The summed E-state index contributed by atoms with van der Waals surface area (Å²) in [6, 6.07) is 3.75. The van der Waals surface area contributed by atoms with Crippen molar-refractivity contribution in [3.05, 3.63) is 30.4 Å². The van der Waals surface area contributed by atoms with Gasteiger partial charge in [0.15, 0.2) is 11.6 Å². The number of aromatic nitrogens is 4. The Labute approximate surface area is 112 Å². The number of ether oxygens (including phenoxy) is 1. The average Bonchev–Trinajstić information content (AvgIpc) is 2.97. The van der Waals surface area contributed by atoms with Gasteiger partial charge < -0.3 is 10.1 Å². The molecule has 0 aromatic carbocycles. The highest BCUT2D eigenvalue weighted by Crippen LogP contribution is 2.11. The lowest BCUT2D eigenvalue weighted by atomic mass is 10.4. The van der Waals surface area contributed by atoms with Crippen molar-refractivity contribution in [3.63, 3.8) is 0 Å². The molecule has 2 aromatic rings. The van der Waals surface area contributed by atoms with Gasteiger partial charge in [0.05, 0.1) is 0 Å². The van der Waals surface area contributed by atoms with E-state index in [1.165, 1.54) is 0 Å². The Morgan fingerprint density at radius 3 is 2.89 bits per heavy atom. The summed E-state index contributed by atoms with van der Waals surface area (Å²) >= 11 is 0. The van der Waals surface area contributed by atoms with Crippen LogP contribution >= 0.6 is 0 Å². The number of hydrogen-bond acceptors (Lipinski definition) is 5. The first-order valence-corrected chi connectivity index (χ1v) is 6.53. The van der Waals surface area contributed by atoms with Gasteiger partial charge in [-0.05, 0) is 19.4 Å². The molecular formula is C13H19N5O. The predicted octanol–water partition coefficient (Wildman–Crippen LogP) is 2.02. The third kappa shape index (κ3) is 3.75. The molecule has 0 fully saturated rings. The highest BCUT2D eigenvalue weighted by Gasteiger charge is 2.06. The van der Waals surface area contributed by atoms with Gasteiger partial charge in [0.1, 0.15) is 12.4 Å². The van der Waals surface area contributed by atoms with Gasteiger partial charge in [-0.15, -0.1) is 0 Å². The lowest BCUT2D eigenvalue weighted by Crippen LogP contribution is -2.10. The number of hydrogen-bond donors (Lipinski definition) is 1. The summed E-state index contributed by atoms with van der Waals surface area (Å²) in [6.07, 6.45) is 4.63. The Morgan fingerprint density at radius 1 is 1.32 bits per heavy atom. The minimum absolute atomic E-state index is 0.409. The summed E-state index contributed by atoms with van der Waals surface area (Å²) in [5.74, 6) is 2.21. The molecule has 0 saturated heterocycles. The second-order valence-electron chi connectivity index (χ2n) is 4.04. The van der Waals surface area contributed by atoms with Gasteiger partial charge in [0.2, 0.25) is 0 Å². The van der Waals surface area contributed by atoms with Gasteiger partial charge in [0, 0.05) is 31.6 Å². The average molecular weight is 261 g/mol. The maximum atomic E-state index is 5.37. The summed E-state index contributed by atoms with van der Waals surface area (Å²) in [4.78, 5) is 8.88. The van der Waals surface area contributed by atoms with Gasteiger partial charge in [-0.1, -0.05) is 6.92 Å². The number of anilines is 1. The van der Waals surface area contributed by atoms with E-state index in [0.717, 1.165) is 24.6 Å². The van der Waals surface area contributed by atoms with Crippen LogP contribution in [0.1, 0.15) is 26.1 Å². The van der Waals surface area contributed by atoms with Crippen molar-refractivity contribution in [2.45, 2.75) is 26.9 Å². The van der Waals surface area contributed by atoms with Gasteiger partial charge in [-0.2, -0.15) is 5.10 Å². The number of nitrogens with zero attached hydrogens (tertiary/aromatic N) is 4. The summed E-state index contributed by atoms with van der Waals surface area (Å²) < 4.78 is 7.09. The van der Waals surface area contributed by atoms with E-state index in [1.807, 2.05) is 25.3 Å². The Bertz CT molecular complexity index is 471. The molecule has 2 rings (SSSR count). The van der Waals surface area contributed by atoms with Gasteiger partial charge in [-0.25, -0.2) is 14.6 Å². The fourth-order valence-electron chi connectivity index (χ4n) is 1.61. The van der Waals surface area contributed by atoms with E-state index in [9.17, 15) is 0 Å². The lowest BCUT2D eigenvalue weighted by molar-refractivity contribution is 0.128. The normalized spacial score (nSPS) is 10.6. The highest BCUT2D eigenvalue weighted by molar-refractivity contribution is 5.41. The van der Waals surface area contributed by atoms with Crippen LogP contribution in [-0.4, -0.2) is 32.9 Å². The topological polar surface area (TPSA) is 64.9 Å². The van der Waals surface area contributed by atoms with Crippen LogP contribution in [0.4, 0.5) is 5.82 Å². The van der Waals surface area contributed by atoms with Crippen LogP contribution in [-0.2, 0) is 11.3 Å². The van der Waals surface area contributed by atoms with Crippen molar-refractivity contribution in [1.29, 1.82) is 0 Å². The van der Waals surface area contributed by atoms with Crippen LogP contribution < -0.4 is 5.32 Å². The van der Waals surface area contributed by atoms with Gasteiger partial charge >= 0.3 is 0 Å². The van der Waals surface area contributed by atoms with Crippen molar-refractivity contribution in [2.24, 2.45) is 0 Å². The van der Waals surface area contributed by atoms with Crippen LogP contribution in [0.3, 0.4) is 0 Å². The largest absolute Gasteiger partial charge is 0.374 e. The Kier molecular flexibility index (Phi) is 4.85. The molecule has 0 atom stereocenters. The van der Waals surface area contributed by atoms with Crippen molar-refractivity contribution in [2.75, 3.05) is 18.5 Å². The smallest absolute Gasteiger partial charge is 0.159 e. The molecule has 19 heavy (non-hydrogen) atoms. The maximum absolute atomic E-state index is 5.37. The first-order valence-electron chi connectivity index (χ1n) is 6.53. The number of rotatable bonds is 7. The molecule has 0 spiro atoms. The fraction of sp³-hybridized carbons (Fsp3) is 0.462. The van der Waals surface area contributed by atoms with Crippen LogP contribution in [0.2, 0.25) is 0 Å². The van der Waals surface area contributed by atoms with E-state index >= 15 is 0 Å². The molecule has 0 radical (unpaired) electrons. The van der Waals surface area contributed by atoms with Crippen LogP contribution in [0.5, 0.6) is 0 Å². The van der Waals surface area contributed by atoms with Crippen LogP contribution in [0, 0.1) is 0 Å². The third-order valence-electron chi connectivity index (χ3n) is 2.49. The van der Waals surface area contributed by atoms with E-state index < -0.39 is 0 Å². The van der Waals surface area contributed by atoms with Crippen LogP contribution in [0.25, 0.3) is 5.82 Å². The lowest BCUT2D eigenvalue weighted by Gasteiger charge is -2.09. The molecule has 0 bridgehead atoms. The van der Waals surface area contributed by atoms with Gasteiger partial charge in [-0.3, -0.25) is 0 Å². The van der Waals surface area contributed by atoms with Crippen molar-refractivity contribution >= 4 is 5.82 Å². The van der Waals surface area contributed by atoms with Crippen molar-refractivity contribution in [1.82, 2.24) is 19.7 Å². The van der Waals surface area contributed by atoms with Crippen molar-refractivity contribution in [3.8, 4) is 5.82 Å². The molecule has 0 unspecified atom stereocenters. The molecule has 102 valence electrons. The first kappa shape index (κ1) is 13.5. The standard InChI is InChI=1S/C13H19N5O/c1-3-6-14-11-9-13(18-8-5-7-15-18)17-12(16-11)10-19-4-2/h5,7-9H,3-4,6,10H2,1-2H3,(H,14,16,17). The molecule has 2 heterocycles. The zero-order valence-corrected chi connectivity index (χ0v) is 11.3.